The highest BCUT2D eigenvalue weighted by atomic mass is 32.2. The van der Waals surface area contributed by atoms with E-state index in [1.54, 1.807) is 13.2 Å². The first-order valence-electron chi connectivity index (χ1n) is 12.3. The Labute approximate surface area is 213 Å². The molecule has 1 aliphatic carbocycles. The van der Waals surface area contributed by atoms with E-state index in [0.717, 1.165) is 71.9 Å². The van der Waals surface area contributed by atoms with Crippen LogP contribution >= 0.6 is 11.8 Å². The maximum absolute atomic E-state index is 10.8. The molecule has 0 radical (unpaired) electrons. The highest BCUT2D eigenvalue weighted by Crippen LogP contribution is 2.43. The van der Waals surface area contributed by atoms with E-state index in [4.69, 9.17) is 15.2 Å². The minimum atomic E-state index is 0.290. The average molecular weight is 493 g/mol. The molecule has 5 nitrogen and oxygen atoms in total. The molecule has 0 aromatic heterocycles. The van der Waals surface area contributed by atoms with Gasteiger partial charge in [0.05, 0.1) is 7.11 Å². The summed E-state index contributed by atoms with van der Waals surface area (Å²) in [6, 6.07) is 16.0. The van der Waals surface area contributed by atoms with Crippen LogP contribution in [0, 0.1) is 0 Å². The fourth-order valence-electron chi connectivity index (χ4n) is 4.80. The summed E-state index contributed by atoms with van der Waals surface area (Å²) in [5.74, 6) is 3.01. The topological polar surface area (TPSA) is 76.7 Å². The summed E-state index contributed by atoms with van der Waals surface area (Å²) in [4.78, 5) is 0. The lowest BCUT2D eigenvalue weighted by Gasteiger charge is -2.23. The Morgan fingerprint density at radius 2 is 1.80 bits per heavy atom. The number of aryl methyl sites for hydroxylation is 1. The van der Waals surface area contributed by atoms with Gasteiger partial charge in [-0.3, -0.25) is 0 Å². The number of nitrogen functional groups attached to an aromatic ring is 1. The van der Waals surface area contributed by atoms with Crippen molar-refractivity contribution >= 4 is 17.4 Å². The molecule has 4 rings (SSSR count). The van der Waals surface area contributed by atoms with Crippen molar-refractivity contribution in [2.45, 2.75) is 32.1 Å². The van der Waals surface area contributed by atoms with Gasteiger partial charge in [0.15, 0.2) is 0 Å². The summed E-state index contributed by atoms with van der Waals surface area (Å²) in [7, 11) is 1.67. The highest BCUT2D eigenvalue weighted by Gasteiger charge is 2.22. The number of anilines is 1. The molecule has 0 spiro atoms. The zero-order valence-electron chi connectivity index (χ0n) is 20.7. The lowest BCUT2D eigenvalue weighted by atomic mass is 9.84. The van der Waals surface area contributed by atoms with Crippen LogP contribution in [0.5, 0.6) is 17.2 Å². The van der Waals surface area contributed by atoms with Crippen LogP contribution in [0.15, 0.2) is 48.5 Å². The molecule has 4 N–H and O–H groups in total. The lowest BCUT2D eigenvalue weighted by molar-refractivity contribution is 0.315. The van der Waals surface area contributed by atoms with Crippen LogP contribution in [0.4, 0.5) is 5.69 Å². The Morgan fingerprint density at radius 1 is 1.00 bits per heavy atom. The number of methoxy groups -OCH3 is 1. The normalized spacial score (nSPS) is 12.9. The number of phenolic OH excluding ortho intramolecular Hbond substituents is 1. The van der Waals surface area contributed by atoms with Gasteiger partial charge in [0.2, 0.25) is 0 Å². The third-order valence-corrected chi connectivity index (χ3v) is 7.26. The van der Waals surface area contributed by atoms with Crippen molar-refractivity contribution in [1.82, 2.24) is 5.32 Å². The van der Waals surface area contributed by atoms with E-state index >= 15 is 0 Å². The molecule has 0 amide bonds. The molecular weight excluding hydrogens is 456 g/mol. The quantitative estimate of drug-likeness (QED) is 0.244. The zero-order chi connectivity index (χ0) is 24.6. The van der Waals surface area contributed by atoms with E-state index in [1.807, 2.05) is 36.0 Å². The van der Waals surface area contributed by atoms with Crippen LogP contribution in [-0.2, 0) is 19.3 Å². The average Bonchev–Trinajstić information content (AvgIpc) is 2.88. The number of fused-ring (bicyclic) bond motifs is 1. The number of aromatic hydroxyl groups is 1. The maximum atomic E-state index is 10.8. The fourth-order valence-corrected chi connectivity index (χ4v) is 5.15. The molecule has 186 valence electrons. The van der Waals surface area contributed by atoms with Gasteiger partial charge < -0.3 is 25.6 Å². The number of hydrogen-bond acceptors (Lipinski definition) is 6. The number of phenols is 1. The molecule has 35 heavy (non-hydrogen) atoms. The van der Waals surface area contributed by atoms with Crippen molar-refractivity contribution in [2.24, 2.45) is 0 Å². The second-order valence-corrected chi connectivity index (χ2v) is 9.91. The standard InChI is InChI=1S/C29H36N2O3S/c1-33-27-14-12-24(28-23-6-4-3-5-21(23)9-13-26(28)32)29(30)25(27)19-20-7-10-22(11-8-20)34-17-15-31-16-18-35-2/h7-14,31-32H,3-6,15-19,30H2,1-2H3. The van der Waals surface area contributed by atoms with E-state index in [2.05, 4.69) is 29.8 Å². The summed E-state index contributed by atoms with van der Waals surface area (Å²) in [6.07, 6.45) is 7.08. The Balaban J connectivity index is 1.54. The van der Waals surface area contributed by atoms with Gasteiger partial charge in [0, 0.05) is 47.6 Å². The Morgan fingerprint density at radius 3 is 2.57 bits per heavy atom. The van der Waals surface area contributed by atoms with Gasteiger partial charge in [0.1, 0.15) is 23.9 Å². The van der Waals surface area contributed by atoms with Crippen molar-refractivity contribution in [3.8, 4) is 28.4 Å². The van der Waals surface area contributed by atoms with Crippen molar-refractivity contribution in [2.75, 3.05) is 44.5 Å². The first kappa shape index (κ1) is 25.3. The molecule has 0 heterocycles. The lowest BCUT2D eigenvalue weighted by Crippen LogP contribution is -2.23. The molecular formula is C29H36N2O3S. The van der Waals surface area contributed by atoms with Crippen molar-refractivity contribution < 1.29 is 14.6 Å². The smallest absolute Gasteiger partial charge is 0.124 e. The molecule has 0 saturated heterocycles. The van der Waals surface area contributed by atoms with Crippen LogP contribution in [0.2, 0.25) is 0 Å². The largest absolute Gasteiger partial charge is 0.507 e. The number of hydrogen-bond donors (Lipinski definition) is 3. The number of benzene rings is 3. The molecule has 3 aromatic carbocycles. The van der Waals surface area contributed by atoms with Crippen molar-refractivity contribution in [3.05, 3.63) is 70.8 Å². The van der Waals surface area contributed by atoms with Crippen LogP contribution in [0.1, 0.15) is 35.1 Å². The molecule has 0 fully saturated rings. The first-order valence-corrected chi connectivity index (χ1v) is 13.7. The molecule has 3 aromatic rings. The van der Waals surface area contributed by atoms with E-state index in [1.165, 1.54) is 17.5 Å². The van der Waals surface area contributed by atoms with Gasteiger partial charge >= 0.3 is 0 Å². The van der Waals surface area contributed by atoms with Gasteiger partial charge in [-0.05, 0) is 79.0 Å². The van der Waals surface area contributed by atoms with Crippen LogP contribution < -0.4 is 20.5 Å². The maximum Gasteiger partial charge on any atom is 0.124 e. The number of nitrogens with two attached hydrogens (primary N) is 1. The zero-order valence-corrected chi connectivity index (χ0v) is 21.5. The predicted molar refractivity (Wildman–Crippen MR) is 147 cm³/mol. The van der Waals surface area contributed by atoms with Gasteiger partial charge in [-0.15, -0.1) is 0 Å². The van der Waals surface area contributed by atoms with E-state index in [9.17, 15) is 5.11 Å². The van der Waals surface area contributed by atoms with Gasteiger partial charge in [-0.1, -0.05) is 18.2 Å². The SMILES string of the molecule is COc1ccc(-c2c(O)ccc3c2CCCC3)c(N)c1Cc1ccc(OCCNCCSC)cc1. The number of thioether (sulfide) groups is 1. The van der Waals surface area contributed by atoms with Crippen LogP contribution in [0.25, 0.3) is 11.1 Å². The predicted octanol–water partition coefficient (Wildman–Crippen LogP) is 5.45. The summed E-state index contributed by atoms with van der Waals surface area (Å²) >= 11 is 1.83. The Hall–Kier alpha value is -2.83. The third-order valence-electron chi connectivity index (χ3n) is 6.65. The molecule has 0 bridgehead atoms. The molecule has 0 atom stereocenters. The van der Waals surface area contributed by atoms with Crippen LogP contribution in [-0.4, -0.2) is 43.9 Å². The molecule has 1 aliphatic rings. The Kier molecular flexibility index (Phi) is 8.83. The summed E-state index contributed by atoms with van der Waals surface area (Å²) in [5, 5.41) is 14.2. The minimum absolute atomic E-state index is 0.290. The Bertz CT molecular complexity index is 1130. The number of rotatable bonds is 11. The van der Waals surface area contributed by atoms with E-state index in [0.29, 0.717) is 18.7 Å². The summed E-state index contributed by atoms with van der Waals surface area (Å²) in [6.45, 7) is 2.47. The van der Waals surface area contributed by atoms with E-state index < -0.39 is 0 Å². The van der Waals surface area contributed by atoms with Gasteiger partial charge in [0.25, 0.3) is 0 Å². The van der Waals surface area contributed by atoms with Gasteiger partial charge in [-0.2, -0.15) is 11.8 Å². The first-order chi connectivity index (χ1) is 17.1. The molecule has 0 aliphatic heterocycles. The molecule has 0 unspecified atom stereocenters. The highest BCUT2D eigenvalue weighted by molar-refractivity contribution is 7.98. The van der Waals surface area contributed by atoms with E-state index in [-0.39, 0.29) is 5.75 Å². The minimum Gasteiger partial charge on any atom is -0.507 e. The second kappa shape index (κ2) is 12.2. The molecule has 6 heteroatoms. The summed E-state index contributed by atoms with van der Waals surface area (Å²) < 4.78 is 11.5. The monoisotopic (exact) mass is 492 g/mol. The second-order valence-electron chi connectivity index (χ2n) is 8.92. The van der Waals surface area contributed by atoms with Crippen LogP contribution in [0.3, 0.4) is 0 Å². The fraction of sp³-hybridized carbons (Fsp3) is 0.379. The molecule has 0 saturated carbocycles. The summed E-state index contributed by atoms with van der Waals surface area (Å²) in [5.41, 5.74) is 13.8. The van der Waals surface area contributed by atoms with Gasteiger partial charge in [-0.25, -0.2) is 0 Å². The van der Waals surface area contributed by atoms with Crippen molar-refractivity contribution in [3.63, 3.8) is 0 Å². The third kappa shape index (κ3) is 6.06. The number of nitrogens with one attached hydrogen (secondary N) is 1. The number of ether oxygens (including phenoxy) is 2. The van der Waals surface area contributed by atoms with Crippen molar-refractivity contribution in [1.29, 1.82) is 0 Å².